The molecular formula is C16H26N2. The van der Waals surface area contributed by atoms with Gasteiger partial charge in [0.05, 0.1) is 0 Å². The lowest BCUT2D eigenvalue weighted by Gasteiger charge is -2.30. The predicted molar refractivity (Wildman–Crippen MR) is 77.7 cm³/mol. The van der Waals surface area contributed by atoms with Crippen molar-refractivity contribution in [2.75, 3.05) is 0 Å². The smallest absolute Gasteiger partial charge is 0.0297 e. The van der Waals surface area contributed by atoms with Crippen molar-refractivity contribution in [2.24, 2.45) is 5.73 Å². The van der Waals surface area contributed by atoms with Gasteiger partial charge in [0.2, 0.25) is 0 Å². The topological polar surface area (TPSA) is 38.0 Å². The Hall–Kier alpha value is -0.860. The third kappa shape index (κ3) is 3.33. The van der Waals surface area contributed by atoms with Crippen LogP contribution in [-0.2, 0) is 0 Å². The third-order valence-electron chi connectivity index (χ3n) is 4.10. The molecular weight excluding hydrogens is 220 g/mol. The maximum atomic E-state index is 6.05. The van der Waals surface area contributed by atoms with Crippen LogP contribution in [0.15, 0.2) is 18.2 Å². The van der Waals surface area contributed by atoms with Crippen molar-refractivity contribution in [3.8, 4) is 0 Å². The molecule has 1 aliphatic rings. The highest BCUT2D eigenvalue weighted by atomic mass is 15.0. The van der Waals surface area contributed by atoms with Crippen molar-refractivity contribution in [3.63, 3.8) is 0 Å². The first-order chi connectivity index (χ1) is 8.56. The molecule has 0 heterocycles. The number of nitrogens with two attached hydrogens (primary N) is 1. The van der Waals surface area contributed by atoms with E-state index in [1.807, 2.05) is 0 Å². The summed E-state index contributed by atoms with van der Waals surface area (Å²) < 4.78 is 0. The number of rotatable bonds is 3. The zero-order valence-electron chi connectivity index (χ0n) is 11.9. The molecule has 0 aromatic heterocycles. The Balaban J connectivity index is 2.02. The molecule has 0 radical (unpaired) electrons. The number of aryl methyl sites for hydroxylation is 2. The number of nitrogens with one attached hydrogen (secondary N) is 1. The van der Waals surface area contributed by atoms with Crippen molar-refractivity contribution in [3.05, 3.63) is 34.9 Å². The first-order valence-corrected chi connectivity index (χ1v) is 7.15. The average molecular weight is 246 g/mol. The van der Waals surface area contributed by atoms with Gasteiger partial charge in [0.25, 0.3) is 0 Å². The third-order valence-corrected chi connectivity index (χ3v) is 4.10. The first kappa shape index (κ1) is 13.6. The normalized spacial score (nSPS) is 26.0. The fraction of sp³-hybridized carbons (Fsp3) is 0.625. The molecule has 1 aromatic carbocycles. The maximum absolute atomic E-state index is 6.05. The quantitative estimate of drug-likeness (QED) is 0.859. The second kappa shape index (κ2) is 5.85. The predicted octanol–water partition coefficient (Wildman–Crippen LogP) is 3.22. The highest BCUT2D eigenvalue weighted by molar-refractivity contribution is 5.32. The number of hydrogen-bond acceptors (Lipinski definition) is 2. The second-order valence-corrected chi connectivity index (χ2v) is 5.87. The van der Waals surface area contributed by atoms with E-state index in [0.717, 1.165) is 6.42 Å². The fourth-order valence-electron chi connectivity index (χ4n) is 3.05. The second-order valence-electron chi connectivity index (χ2n) is 5.87. The summed E-state index contributed by atoms with van der Waals surface area (Å²) in [5, 5.41) is 3.75. The minimum Gasteiger partial charge on any atom is -0.328 e. The average Bonchev–Trinajstić information content (AvgIpc) is 2.32. The van der Waals surface area contributed by atoms with Crippen molar-refractivity contribution in [2.45, 2.75) is 64.6 Å². The fourth-order valence-corrected chi connectivity index (χ4v) is 3.05. The Morgan fingerprint density at radius 3 is 2.78 bits per heavy atom. The molecule has 1 fully saturated rings. The molecule has 3 unspecified atom stereocenters. The first-order valence-electron chi connectivity index (χ1n) is 7.15. The van der Waals surface area contributed by atoms with E-state index < -0.39 is 0 Å². The highest BCUT2D eigenvalue weighted by Gasteiger charge is 2.21. The molecule has 1 aliphatic carbocycles. The van der Waals surface area contributed by atoms with Gasteiger partial charge in [-0.05, 0) is 51.2 Å². The van der Waals surface area contributed by atoms with E-state index in [0.29, 0.717) is 18.1 Å². The monoisotopic (exact) mass is 246 g/mol. The van der Waals surface area contributed by atoms with E-state index in [2.05, 4.69) is 44.3 Å². The zero-order chi connectivity index (χ0) is 13.1. The van der Waals surface area contributed by atoms with Gasteiger partial charge in [-0.25, -0.2) is 0 Å². The molecule has 2 rings (SSSR count). The molecule has 100 valence electrons. The summed E-state index contributed by atoms with van der Waals surface area (Å²) in [5.41, 5.74) is 10.2. The van der Waals surface area contributed by atoms with E-state index in [1.54, 1.807) is 0 Å². The minimum atomic E-state index is 0.391. The maximum Gasteiger partial charge on any atom is 0.0297 e. The van der Waals surface area contributed by atoms with Crippen LogP contribution in [0.3, 0.4) is 0 Å². The summed E-state index contributed by atoms with van der Waals surface area (Å²) in [4.78, 5) is 0. The van der Waals surface area contributed by atoms with Crippen LogP contribution >= 0.6 is 0 Å². The minimum absolute atomic E-state index is 0.391. The van der Waals surface area contributed by atoms with Gasteiger partial charge in [0.1, 0.15) is 0 Å². The molecule has 3 N–H and O–H groups in total. The van der Waals surface area contributed by atoms with Crippen molar-refractivity contribution < 1.29 is 0 Å². The van der Waals surface area contributed by atoms with Crippen LogP contribution < -0.4 is 11.1 Å². The van der Waals surface area contributed by atoms with Gasteiger partial charge in [0.15, 0.2) is 0 Å². The van der Waals surface area contributed by atoms with Gasteiger partial charge in [-0.15, -0.1) is 0 Å². The van der Waals surface area contributed by atoms with Crippen LogP contribution in [0.5, 0.6) is 0 Å². The Kier molecular flexibility index (Phi) is 4.41. The van der Waals surface area contributed by atoms with Crippen molar-refractivity contribution in [1.29, 1.82) is 0 Å². The van der Waals surface area contributed by atoms with Crippen LogP contribution in [0.4, 0.5) is 0 Å². The zero-order valence-corrected chi connectivity index (χ0v) is 11.9. The van der Waals surface area contributed by atoms with E-state index in [1.165, 1.54) is 36.0 Å². The van der Waals surface area contributed by atoms with E-state index in [4.69, 9.17) is 5.73 Å². The van der Waals surface area contributed by atoms with E-state index in [9.17, 15) is 0 Å². The molecule has 18 heavy (non-hydrogen) atoms. The lowest BCUT2D eigenvalue weighted by Crippen LogP contribution is -2.40. The molecule has 0 spiro atoms. The lowest BCUT2D eigenvalue weighted by molar-refractivity contribution is 0.318. The SMILES string of the molecule is Cc1ccc(C)c(C(C)NC2CCCC(N)C2)c1. The summed E-state index contributed by atoms with van der Waals surface area (Å²) in [7, 11) is 0. The Morgan fingerprint density at radius 1 is 1.28 bits per heavy atom. The van der Waals surface area contributed by atoms with Crippen LogP contribution in [0.1, 0.15) is 55.3 Å². The number of hydrogen-bond donors (Lipinski definition) is 2. The summed E-state index contributed by atoms with van der Waals surface area (Å²) in [6.07, 6.45) is 4.84. The molecule has 0 bridgehead atoms. The molecule has 2 heteroatoms. The van der Waals surface area contributed by atoms with Gasteiger partial charge in [-0.1, -0.05) is 30.2 Å². The standard InChI is InChI=1S/C16H26N2/c1-11-7-8-12(2)16(9-11)13(3)18-15-6-4-5-14(17)10-15/h7-9,13-15,18H,4-6,10,17H2,1-3H3. The molecule has 2 nitrogen and oxygen atoms in total. The van der Waals surface area contributed by atoms with Crippen LogP contribution in [-0.4, -0.2) is 12.1 Å². The number of benzene rings is 1. The van der Waals surface area contributed by atoms with Gasteiger partial charge < -0.3 is 11.1 Å². The summed E-state index contributed by atoms with van der Waals surface area (Å²) >= 11 is 0. The van der Waals surface area contributed by atoms with Crippen LogP contribution in [0.25, 0.3) is 0 Å². The Bertz CT molecular complexity index is 400. The molecule has 3 atom stereocenters. The Morgan fingerprint density at radius 2 is 2.06 bits per heavy atom. The summed E-state index contributed by atoms with van der Waals surface area (Å²) in [6.45, 7) is 6.62. The van der Waals surface area contributed by atoms with Gasteiger partial charge in [-0.2, -0.15) is 0 Å². The molecule has 1 saturated carbocycles. The molecule has 1 aromatic rings. The van der Waals surface area contributed by atoms with E-state index >= 15 is 0 Å². The van der Waals surface area contributed by atoms with Crippen molar-refractivity contribution >= 4 is 0 Å². The highest BCUT2D eigenvalue weighted by Crippen LogP contribution is 2.23. The van der Waals surface area contributed by atoms with Crippen LogP contribution in [0, 0.1) is 13.8 Å². The summed E-state index contributed by atoms with van der Waals surface area (Å²) in [5.74, 6) is 0. The van der Waals surface area contributed by atoms with Gasteiger partial charge in [-0.3, -0.25) is 0 Å². The Labute approximate surface area is 111 Å². The molecule has 0 aliphatic heterocycles. The molecule has 0 saturated heterocycles. The molecule has 0 amide bonds. The lowest BCUT2D eigenvalue weighted by atomic mass is 9.90. The van der Waals surface area contributed by atoms with Gasteiger partial charge in [0, 0.05) is 18.1 Å². The summed E-state index contributed by atoms with van der Waals surface area (Å²) in [6, 6.07) is 8.10. The van der Waals surface area contributed by atoms with E-state index in [-0.39, 0.29) is 0 Å². The van der Waals surface area contributed by atoms with Gasteiger partial charge >= 0.3 is 0 Å². The van der Waals surface area contributed by atoms with Crippen molar-refractivity contribution in [1.82, 2.24) is 5.32 Å². The van der Waals surface area contributed by atoms with Crippen LogP contribution in [0.2, 0.25) is 0 Å². The largest absolute Gasteiger partial charge is 0.328 e.